The molecule has 0 aliphatic rings. The second-order valence-corrected chi connectivity index (χ2v) is 4.61. The summed E-state index contributed by atoms with van der Waals surface area (Å²) in [5, 5.41) is 10.2. The van der Waals surface area contributed by atoms with Crippen LogP contribution in [0, 0.1) is 0 Å². The zero-order valence-corrected chi connectivity index (χ0v) is 12.0. The van der Waals surface area contributed by atoms with Gasteiger partial charge in [0.25, 0.3) is 5.56 Å². The van der Waals surface area contributed by atoms with Crippen molar-refractivity contribution in [2.75, 3.05) is 5.73 Å². The van der Waals surface area contributed by atoms with Crippen molar-refractivity contribution in [1.29, 1.82) is 0 Å². The summed E-state index contributed by atoms with van der Waals surface area (Å²) in [7, 11) is 0. The van der Waals surface area contributed by atoms with Crippen LogP contribution in [0.2, 0.25) is 0 Å². The number of aromatic hydroxyl groups is 1. The highest BCUT2D eigenvalue weighted by Crippen LogP contribution is 2.22. The van der Waals surface area contributed by atoms with Gasteiger partial charge in [0.1, 0.15) is 5.56 Å². The van der Waals surface area contributed by atoms with E-state index in [2.05, 4.69) is 16.6 Å². The molecular weight excluding hydrogens is 284 g/mol. The fraction of sp³-hybridized carbons (Fsp3) is 0.133. The zero-order chi connectivity index (χ0) is 16.3. The first kappa shape index (κ1) is 15.3. The molecular formula is C15H16N4O3. The monoisotopic (exact) mass is 300 g/mol. The molecule has 7 nitrogen and oxygen atoms in total. The number of nitrogens with one attached hydrogen (secondary N) is 1. The second-order valence-electron chi connectivity index (χ2n) is 4.61. The molecule has 0 atom stereocenters. The van der Waals surface area contributed by atoms with Crippen LogP contribution < -0.4 is 17.0 Å². The topological polar surface area (TPSA) is 113 Å². The lowest BCUT2D eigenvalue weighted by molar-refractivity contribution is 0.409. The molecule has 0 saturated heterocycles. The van der Waals surface area contributed by atoms with Crippen LogP contribution in [0.1, 0.15) is 12.5 Å². The van der Waals surface area contributed by atoms with Crippen molar-refractivity contribution in [2.24, 2.45) is 4.99 Å². The first-order valence-electron chi connectivity index (χ1n) is 6.53. The van der Waals surface area contributed by atoms with E-state index in [1.54, 1.807) is 31.2 Å². The van der Waals surface area contributed by atoms with Gasteiger partial charge in [0.05, 0.1) is 17.1 Å². The number of hydrogen-bond donors (Lipinski definition) is 3. The summed E-state index contributed by atoms with van der Waals surface area (Å²) >= 11 is 0. The van der Waals surface area contributed by atoms with Crippen molar-refractivity contribution >= 4 is 17.1 Å². The zero-order valence-electron chi connectivity index (χ0n) is 12.0. The number of para-hydroxylation sites is 2. The number of nitrogens with two attached hydrogens (primary N) is 1. The van der Waals surface area contributed by atoms with E-state index in [1.165, 1.54) is 6.08 Å². The summed E-state index contributed by atoms with van der Waals surface area (Å²) in [5.74, 6) is -0.454. The maximum Gasteiger partial charge on any atom is 0.331 e. The first-order valence-corrected chi connectivity index (χ1v) is 6.53. The highest BCUT2D eigenvalue weighted by atomic mass is 16.3. The van der Waals surface area contributed by atoms with Crippen LogP contribution in [-0.2, 0) is 6.54 Å². The third kappa shape index (κ3) is 2.83. The molecule has 0 amide bonds. The Labute approximate surface area is 126 Å². The predicted molar refractivity (Wildman–Crippen MR) is 85.9 cm³/mol. The predicted octanol–water partition coefficient (Wildman–Crippen LogP) is 1.15. The number of nitrogens with zero attached hydrogens (tertiary/aromatic N) is 2. The van der Waals surface area contributed by atoms with E-state index in [0.29, 0.717) is 11.4 Å². The second kappa shape index (κ2) is 6.13. The van der Waals surface area contributed by atoms with Gasteiger partial charge in [0.15, 0.2) is 0 Å². The van der Waals surface area contributed by atoms with E-state index in [1.807, 2.05) is 0 Å². The average molecular weight is 300 g/mol. The van der Waals surface area contributed by atoms with Gasteiger partial charge in [-0.05, 0) is 19.1 Å². The van der Waals surface area contributed by atoms with E-state index >= 15 is 0 Å². The SMILES string of the molecule is C=CCn1c(O)c(C(C)=Nc2ccccc2N)c(=O)[nH]c1=O. The molecule has 0 saturated carbocycles. The van der Waals surface area contributed by atoms with E-state index < -0.39 is 17.1 Å². The van der Waals surface area contributed by atoms with E-state index in [-0.39, 0.29) is 17.8 Å². The Hall–Kier alpha value is -3.09. The van der Waals surface area contributed by atoms with Crippen LogP contribution >= 0.6 is 0 Å². The Morgan fingerprint density at radius 3 is 2.77 bits per heavy atom. The van der Waals surface area contributed by atoms with Crippen molar-refractivity contribution < 1.29 is 5.11 Å². The van der Waals surface area contributed by atoms with Crippen LogP contribution in [0.25, 0.3) is 0 Å². The number of anilines is 1. The number of hydrogen-bond acceptors (Lipinski definition) is 5. The molecule has 22 heavy (non-hydrogen) atoms. The van der Waals surface area contributed by atoms with Crippen molar-refractivity contribution in [3.8, 4) is 5.88 Å². The fourth-order valence-electron chi connectivity index (χ4n) is 2.01. The Kier molecular flexibility index (Phi) is 4.26. The van der Waals surface area contributed by atoms with Crippen molar-refractivity contribution in [3.63, 3.8) is 0 Å². The first-order chi connectivity index (χ1) is 10.5. The van der Waals surface area contributed by atoms with Gasteiger partial charge in [0, 0.05) is 6.54 Å². The molecule has 0 aliphatic heterocycles. The van der Waals surface area contributed by atoms with Gasteiger partial charge in [-0.2, -0.15) is 0 Å². The number of aromatic nitrogens is 2. The van der Waals surface area contributed by atoms with Crippen molar-refractivity contribution in [1.82, 2.24) is 9.55 Å². The summed E-state index contributed by atoms with van der Waals surface area (Å²) < 4.78 is 0.997. The lowest BCUT2D eigenvalue weighted by Crippen LogP contribution is -2.33. The van der Waals surface area contributed by atoms with Crippen LogP contribution in [-0.4, -0.2) is 20.4 Å². The standard InChI is InChI=1S/C15H16N4O3/c1-3-8-19-14(21)12(13(20)18-15(19)22)9(2)17-11-7-5-4-6-10(11)16/h3-7,21H,1,8,16H2,2H3,(H,18,20,22). The van der Waals surface area contributed by atoms with Gasteiger partial charge in [-0.1, -0.05) is 18.2 Å². The minimum absolute atomic E-state index is 0.0647. The molecule has 0 fully saturated rings. The minimum Gasteiger partial charge on any atom is -0.494 e. The fourth-order valence-corrected chi connectivity index (χ4v) is 2.01. The molecule has 0 spiro atoms. The Balaban J connectivity index is 2.64. The van der Waals surface area contributed by atoms with E-state index in [9.17, 15) is 14.7 Å². The number of allylic oxidation sites excluding steroid dienone is 1. The molecule has 0 aliphatic carbocycles. The average Bonchev–Trinajstić information content (AvgIpc) is 2.45. The highest BCUT2D eigenvalue weighted by molar-refractivity contribution is 6.02. The summed E-state index contributed by atoms with van der Waals surface area (Å²) in [6.45, 7) is 5.12. The number of rotatable bonds is 4. The molecule has 1 aromatic carbocycles. The van der Waals surface area contributed by atoms with Gasteiger partial charge in [-0.25, -0.2) is 4.79 Å². The van der Waals surface area contributed by atoms with E-state index in [4.69, 9.17) is 5.73 Å². The molecule has 0 radical (unpaired) electrons. The number of benzene rings is 1. The quantitative estimate of drug-likeness (QED) is 0.446. The van der Waals surface area contributed by atoms with Gasteiger partial charge in [-0.3, -0.25) is 19.3 Å². The summed E-state index contributed by atoms with van der Waals surface area (Å²) in [6.07, 6.45) is 1.44. The minimum atomic E-state index is -0.710. The molecule has 1 aromatic heterocycles. The smallest absolute Gasteiger partial charge is 0.331 e. The molecule has 1 heterocycles. The number of nitrogen functional groups attached to an aromatic ring is 1. The molecule has 2 aromatic rings. The van der Waals surface area contributed by atoms with Gasteiger partial charge in [-0.15, -0.1) is 6.58 Å². The Morgan fingerprint density at radius 2 is 2.14 bits per heavy atom. The number of aliphatic imine (C=N–C) groups is 1. The van der Waals surface area contributed by atoms with Gasteiger partial charge in [0.2, 0.25) is 5.88 Å². The van der Waals surface area contributed by atoms with Gasteiger partial charge >= 0.3 is 5.69 Å². The van der Waals surface area contributed by atoms with Crippen LogP contribution in [0.4, 0.5) is 11.4 Å². The lowest BCUT2D eigenvalue weighted by Gasteiger charge is -2.09. The van der Waals surface area contributed by atoms with Crippen LogP contribution in [0.5, 0.6) is 5.88 Å². The van der Waals surface area contributed by atoms with E-state index in [0.717, 1.165) is 4.57 Å². The Morgan fingerprint density at radius 1 is 1.45 bits per heavy atom. The summed E-state index contributed by atoms with van der Waals surface area (Å²) in [5.41, 5.74) is 5.46. The Bertz CT molecular complexity index is 862. The largest absolute Gasteiger partial charge is 0.494 e. The number of aromatic amines is 1. The molecule has 114 valence electrons. The normalized spacial score (nSPS) is 11.4. The molecule has 4 N–H and O–H groups in total. The maximum atomic E-state index is 12.0. The molecule has 2 rings (SSSR count). The number of H-pyrrole nitrogens is 1. The van der Waals surface area contributed by atoms with Gasteiger partial charge < -0.3 is 10.8 Å². The van der Waals surface area contributed by atoms with Crippen molar-refractivity contribution in [3.05, 3.63) is 63.3 Å². The van der Waals surface area contributed by atoms with Crippen LogP contribution in [0.15, 0.2) is 51.5 Å². The third-order valence-corrected chi connectivity index (χ3v) is 3.07. The van der Waals surface area contributed by atoms with Crippen LogP contribution in [0.3, 0.4) is 0 Å². The summed E-state index contributed by atoms with van der Waals surface area (Å²) in [4.78, 5) is 30.0. The molecule has 0 bridgehead atoms. The summed E-state index contributed by atoms with van der Waals surface area (Å²) in [6, 6.07) is 6.88. The lowest BCUT2D eigenvalue weighted by atomic mass is 10.2. The maximum absolute atomic E-state index is 12.0. The van der Waals surface area contributed by atoms with Crippen molar-refractivity contribution in [2.45, 2.75) is 13.5 Å². The highest BCUT2D eigenvalue weighted by Gasteiger charge is 2.16. The third-order valence-electron chi connectivity index (χ3n) is 3.07. The molecule has 7 heteroatoms. The molecule has 0 unspecified atom stereocenters.